The van der Waals surface area contributed by atoms with Gasteiger partial charge in [-0.1, -0.05) is 24.3 Å². The van der Waals surface area contributed by atoms with Crippen molar-refractivity contribution in [1.82, 2.24) is 5.06 Å². The van der Waals surface area contributed by atoms with Gasteiger partial charge in [-0.15, -0.1) is 5.06 Å². The van der Waals surface area contributed by atoms with E-state index < -0.39 is 18.4 Å². The lowest BCUT2D eigenvalue weighted by atomic mass is 10.1. The van der Waals surface area contributed by atoms with E-state index >= 15 is 0 Å². The van der Waals surface area contributed by atoms with Crippen molar-refractivity contribution in [1.29, 1.82) is 0 Å². The molecule has 7 nitrogen and oxygen atoms in total. The fourth-order valence-electron chi connectivity index (χ4n) is 3.17. The molecule has 2 aromatic rings. The molecule has 0 saturated carbocycles. The van der Waals surface area contributed by atoms with Crippen LogP contribution in [0.15, 0.2) is 48.5 Å². The molecular formula is C20H23NO6. The van der Waals surface area contributed by atoms with Crippen LogP contribution < -0.4 is 18.9 Å². The van der Waals surface area contributed by atoms with Crippen molar-refractivity contribution in [3.8, 4) is 23.0 Å². The number of benzene rings is 2. The van der Waals surface area contributed by atoms with Crippen molar-refractivity contribution in [2.75, 3.05) is 19.8 Å². The SMILES string of the molecule is O[C@@H](CCCN(O)[C@@H]1COc2ccccc2O1)[C@H]1COc2ccccc2O1. The quantitative estimate of drug-likeness (QED) is 0.753. The van der Waals surface area contributed by atoms with Crippen molar-refractivity contribution in [2.45, 2.75) is 31.3 Å². The number of nitrogens with zero attached hydrogens (tertiary/aromatic N) is 1. The number of hydrogen-bond acceptors (Lipinski definition) is 7. The summed E-state index contributed by atoms with van der Waals surface area (Å²) in [6.07, 6.45) is -0.639. The predicted octanol–water partition coefficient (Wildman–Crippen LogP) is 2.46. The third kappa shape index (κ3) is 4.10. The second kappa shape index (κ2) is 8.04. The summed E-state index contributed by atoms with van der Waals surface area (Å²) >= 11 is 0. The largest absolute Gasteiger partial charge is 0.486 e. The zero-order valence-electron chi connectivity index (χ0n) is 14.9. The minimum absolute atomic E-state index is 0.242. The average molecular weight is 373 g/mol. The molecule has 3 atom stereocenters. The lowest BCUT2D eigenvalue weighted by molar-refractivity contribution is -0.202. The number of aliphatic hydroxyl groups excluding tert-OH is 1. The highest BCUT2D eigenvalue weighted by Crippen LogP contribution is 2.33. The van der Waals surface area contributed by atoms with Crippen LogP contribution in [0, 0.1) is 0 Å². The molecule has 0 bridgehead atoms. The Hall–Kier alpha value is -2.48. The van der Waals surface area contributed by atoms with Crippen LogP contribution in [0.2, 0.25) is 0 Å². The van der Waals surface area contributed by atoms with Gasteiger partial charge in [-0.3, -0.25) is 0 Å². The summed E-state index contributed by atoms with van der Waals surface area (Å²) in [6.45, 7) is 0.890. The van der Waals surface area contributed by atoms with Crippen LogP contribution in [-0.4, -0.2) is 53.6 Å². The Bertz CT molecular complexity index is 706. The van der Waals surface area contributed by atoms with E-state index in [9.17, 15) is 10.3 Å². The molecule has 2 aliphatic heterocycles. The van der Waals surface area contributed by atoms with Crippen molar-refractivity contribution < 1.29 is 29.3 Å². The lowest BCUT2D eigenvalue weighted by Crippen LogP contribution is -2.44. The van der Waals surface area contributed by atoms with Crippen LogP contribution in [0.3, 0.4) is 0 Å². The fourth-order valence-corrected chi connectivity index (χ4v) is 3.17. The summed E-state index contributed by atoms with van der Waals surface area (Å²) in [6, 6.07) is 14.8. The van der Waals surface area contributed by atoms with Crippen LogP contribution in [0.1, 0.15) is 12.8 Å². The minimum Gasteiger partial charge on any atom is -0.486 e. The molecule has 0 amide bonds. The monoisotopic (exact) mass is 373 g/mol. The van der Waals surface area contributed by atoms with Crippen molar-refractivity contribution in [3.05, 3.63) is 48.5 Å². The highest BCUT2D eigenvalue weighted by atomic mass is 16.6. The Morgan fingerprint density at radius 2 is 1.48 bits per heavy atom. The van der Waals surface area contributed by atoms with Crippen LogP contribution in [0.25, 0.3) is 0 Å². The molecule has 144 valence electrons. The number of hydroxylamine groups is 2. The van der Waals surface area contributed by atoms with E-state index in [2.05, 4.69) is 0 Å². The summed E-state index contributed by atoms with van der Waals surface area (Å²) in [5, 5.41) is 21.7. The lowest BCUT2D eigenvalue weighted by Gasteiger charge is -2.32. The number of ether oxygens (including phenoxy) is 4. The Morgan fingerprint density at radius 3 is 2.19 bits per heavy atom. The van der Waals surface area contributed by atoms with Crippen molar-refractivity contribution in [2.24, 2.45) is 0 Å². The maximum absolute atomic E-state index is 10.4. The summed E-state index contributed by atoms with van der Waals surface area (Å²) in [4.78, 5) is 0. The molecule has 0 radical (unpaired) electrons. The number of para-hydroxylation sites is 4. The smallest absolute Gasteiger partial charge is 0.208 e. The van der Waals surface area contributed by atoms with E-state index in [0.717, 1.165) is 5.06 Å². The molecular weight excluding hydrogens is 350 g/mol. The molecule has 0 aliphatic carbocycles. The van der Waals surface area contributed by atoms with E-state index in [1.165, 1.54) is 0 Å². The van der Waals surface area contributed by atoms with Gasteiger partial charge in [0.05, 0.1) is 6.10 Å². The van der Waals surface area contributed by atoms with Crippen molar-refractivity contribution >= 4 is 0 Å². The van der Waals surface area contributed by atoms with Gasteiger partial charge in [0.2, 0.25) is 6.23 Å². The Kier molecular flexibility index (Phi) is 5.33. The molecule has 2 N–H and O–H groups in total. The molecule has 2 aromatic carbocycles. The molecule has 2 aliphatic rings. The summed E-state index contributed by atoms with van der Waals surface area (Å²) < 4.78 is 22.8. The van der Waals surface area contributed by atoms with Gasteiger partial charge in [0.1, 0.15) is 13.2 Å². The van der Waals surface area contributed by atoms with E-state index in [1.807, 2.05) is 42.5 Å². The molecule has 4 rings (SSSR count). The third-order valence-corrected chi connectivity index (χ3v) is 4.67. The predicted molar refractivity (Wildman–Crippen MR) is 96.4 cm³/mol. The van der Waals surface area contributed by atoms with Crippen LogP contribution >= 0.6 is 0 Å². The molecule has 0 saturated heterocycles. The first-order chi connectivity index (χ1) is 13.2. The first-order valence-electron chi connectivity index (χ1n) is 9.11. The first-order valence-corrected chi connectivity index (χ1v) is 9.11. The van der Waals surface area contributed by atoms with Gasteiger partial charge in [-0.2, -0.15) is 0 Å². The zero-order valence-corrected chi connectivity index (χ0v) is 14.9. The standard InChI is InChI=1S/C20H23NO6/c22-14(19-12-24-15-7-1-3-9-17(15)26-19)6-5-11-21(23)20-13-25-16-8-2-4-10-18(16)27-20/h1-4,7-10,14,19-20,22-23H,5-6,11-13H2/t14-,19+,20-/m0/s1. The van der Waals surface area contributed by atoms with E-state index in [4.69, 9.17) is 18.9 Å². The number of fused-ring (bicyclic) bond motifs is 2. The van der Waals surface area contributed by atoms with Crippen LogP contribution in [-0.2, 0) is 0 Å². The second-order valence-corrected chi connectivity index (χ2v) is 6.62. The normalized spacial score (nSPS) is 21.7. The topological polar surface area (TPSA) is 80.6 Å². The Labute approximate surface area is 157 Å². The average Bonchev–Trinajstić information content (AvgIpc) is 2.72. The van der Waals surface area contributed by atoms with Gasteiger partial charge in [0.25, 0.3) is 0 Å². The zero-order chi connectivity index (χ0) is 18.6. The molecule has 7 heteroatoms. The summed E-state index contributed by atoms with van der Waals surface area (Å²) in [7, 11) is 0. The van der Waals surface area contributed by atoms with Gasteiger partial charge in [0, 0.05) is 6.54 Å². The summed E-state index contributed by atoms with van der Waals surface area (Å²) in [5.41, 5.74) is 0. The first kappa shape index (κ1) is 17.9. The molecule has 2 heterocycles. The maximum atomic E-state index is 10.4. The number of aliphatic hydroxyl groups is 1. The second-order valence-electron chi connectivity index (χ2n) is 6.62. The van der Waals surface area contributed by atoms with Gasteiger partial charge >= 0.3 is 0 Å². The number of rotatable bonds is 6. The third-order valence-electron chi connectivity index (χ3n) is 4.67. The Morgan fingerprint density at radius 1 is 0.889 bits per heavy atom. The maximum Gasteiger partial charge on any atom is 0.208 e. The fraction of sp³-hybridized carbons (Fsp3) is 0.400. The van der Waals surface area contributed by atoms with Gasteiger partial charge in [0.15, 0.2) is 29.1 Å². The van der Waals surface area contributed by atoms with E-state index in [0.29, 0.717) is 49.0 Å². The van der Waals surface area contributed by atoms with E-state index in [-0.39, 0.29) is 6.61 Å². The highest BCUT2D eigenvalue weighted by molar-refractivity contribution is 5.41. The van der Waals surface area contributed by atoms with Gasteiger partial charge < -0.3 is 29.3 Å². The molecule has 0 fully saturated rings. The van der Waals surface area contributed by atoms with Crippen molar-refractivity contribution in [3.63, 3.8) is 0 Å². The molecule has 0 unspecified atom stereocenters. The van der Waals surface area contributed by atoms with E-state index in [1.54, 1.807) is 6.07 Å². The van der Waals surface area contributed by atoms with Gasteiger partial charge in [-0.25, -0.2) is 0 Å². The van der Waals surface area contributed by atoms with Crippen LogP contribution in [0.5, 0.6) is 23.0 Å². The van der Waals surface area contributed by atoms with Crippen LogP contribution in [0.4, 0.5) is 0 Å². The minimum atomic E-state index is -0.684. The molecule has 27 heavy (non-hydrogen) atoms. The highest BCUT2D eigenvalue weighted by Gasteiger charge is 2.29. The molecule has 0 spiro atoms. The Balaban J connectivity index is 1.23. The number of hydrogen-bond donors (Lipinski definition) is 2. The molecule has 0 aromatic heterocycles. The van der Waals surface area contributed by atoms with Gasteiger partial charge in [-0.05, 0) is 37.1 Å². The summed E-state index contributed by atoms with van der Waals surface area (Å²) in [5.74, 6) is 2.62.